The van der Waals surface area contributed by atoms with Gasteiger partial charge < -0.3 is 25.0 Å². The molecule has 266 valence electrons. The number of benzene rings is 2. The third-order valence-electron chi connectivity index (χ3n) is 7.80. The summed E-state index contributed by atoms with van der Waals surface area (Å²) >= 11 is 0. The highest BCUT2D eigenvalue weighted by Crippen LogP contribution is 2.31. The van der Waals surface area contributed by atoms with Crippen molar-refractivity contribution in [1.29, 1.82) is 0 Å². The van der Waals surface area contributed by atoms with E-state index in [4.69, 9.17) is 9.47 Å². The molecule has 0 heterocycles. The zero-order valence-electron chi connectivity index (χ0n) is 31.2. The van der Waals surface area contributed by atoms with Crippen LogP contribution >= 0.6 is 0 Å². The number of hydrogen-bond acceptors (Lipinski definition) is 6. The molecule has 0 bridgehead atoms. The molecule has 4 atom stereocenters. The summed E-state index contributed by atoms with van der Waals surface area (Å²) in [6, 6.07) is 13.3. The van der Waals surface area contributed by atoms with E-state index < -0.39 is 59.2 Å². The minimum atomic E-state index is -1.11. The summed E-state index contributed by atoms with van der Waals surface area (Å²) < 4.78 is 11.3. The molecular formula is C39H59N3O6. The Hall–Kier alpha value is -3.88. The molecule has 0 spiro atoms. The van der Waals surface area contributed by atoms with Crippen molar-refractivity contribution in [2.45, 2.75) is 138 Å². The summed E-state index contributed by atoms with van der Waals surface area (Å²) in [5, 5.41) is 5.78. The van der Waals surface area contributed by atoms with Crippen molar-refractivity contribution in [3.05, 3.63) is 71.3 Å². The summed E-state index contributed by atoms with van der Waals surface area (Å²) in [7, 11) is 0. The highest BCUT2D eigenvalue weighted by atomic mass is 16.6. The Balaban J connectivity index is 2.71. The molecule has 0 radical (unpaired) electrons. The lowest BCUT2D eigenvalue weighted by Gasteiger charge is -2.40. The summed E-state index contributed by atoms with van der Waals surface area (Å²) in [6.07, 6.45) is 0.922. The molecule has 0 saturated carbocycles. The van der Waals surface area contributed by atoms with Crippen molar-refractivity contribution in [3.63, 3.8) is 0 Å². The lowest BCUT2D eigenvalue weighted by Crippen LogP contribution is -2.58. The van der Waals surface area contributed by atoms with Crippen molar-refractivity contribution in [2.75, 3.05) is 0 Å². The number of carbonyl (C=O) groups excluding carboxylic acids is 4. The third-order valence-corrected chi connectivity index (χ3v) is 7.80. The van der Waals surface area contributed by atoms with Crippen LogP contribution in [0.25, 0.3) is 0 Å². The predicted octanol–water partition coefficient (Wildman–Crippen LogP) is 7.31. The van der Waals surface area contributed by atoms with Gasteiger partial charge in [-0.25, -0.2) is 9.59 Å². The van der Waals surface area contributed by atoms with E-state index in [0.717, 1.165) is 17.5 Å². The molecule has 0 aromatic heterocycles. The number of ether oxygens (including phenoxy) is 2. The number of nitrogens with one attached hydrogen (secondary N) is 2. The molecule has 0 aliphatic rings. The number of alkyl carbamates (subject to hydrolysis) is 1. The monoisotopic (exact) mass is 665 g/mol. The van der Waals surface area contributed by atoms with E-state index in [9.17, 15) is 19.2 Å². The second-order valence-electron chi connectivity index (χ2n) is 15.5. The Kier molecular flexibility index (Phi) is 14.7. The zero-order valence-corrected chi connectivity index (χ0v) is 31.2. The van der Waals surface area contributed by atoms with Gasteiger partial charge in [-0.05, 0) is 96.8 Å². The molecular weight excluding hydrogens is 606 g/mol. The normalized spacial score (nSPS) is 14.5. The van der Waals surface area contributed by atoms with Crippen LogP contribution in [0, 0.1) is 18.8 Å². The van der Waals surface area contributed by atoms with Gasteiger partial charge in [0.2, 0.25) is 11.8 Å². The molecule has 48 heavy (non-hydrogen) atoms. The van der Waals surface area contributed by atoms with Gasteiger partial charge in [0.15, 0.2) is 0 Å². The molecule has 9 nitrogen and oxygen atoms in total. The fourth-order valence-electron chi connectivity index (χ4n) is 5.40. The summed E-state index contributed by atoms with van der Waals surface area (Å²) in [6.45, 7) is 22.4. The molecule has 2 rings (SSSR count). The van der Waals surface area contributed by atoms with Crippen molar-refractivity contribution < 1.29 is 28.7 Å². The maximum Gasteiger partial charge on any atom is 0.408 e. The van der Waals surface area contributed by atoms with E-state index in [-0.39, 0.29) is 12.3 Å². The number of carbonyl (C=O) groups is 4. The molecule has 3 amide bonds. The van der Waals surface area contributed by atoms with E-state index in [1.54, 1.807) is 46.4 Å². The standard InChI is InChI=1S/C39H59N3O6/c1-25(2)22-23-28(6)42(35(44)32(26(3)4)41-37(46)48-39(10,11)12)33(30-21-17-16-18-27(30)5)34(43)40-31(36(45)47-38(7,8)9)24-29-19-14-13-15-20-29/h13-21,25-26,28,31-33H,22-24H2,1-12H3,(H,40,43)(H,41,46). The molecule has 2 aromatic carbocycles. The minimum absolute atomic E-state index is 0.202. The summed E-state index contributed by atoms with van der Waals surface area (Å²) in [5.41, 5.74) is 0.738. The van der Waals surface area contributed by atoms with Crippen LogP contribution in [0.5, 0.6) is 0 Å². The number of hydrogen-bond donors (Lipinski definition) is 2. The highest BCUT2D eigenvalue weighted by molar-refractivity contribution is 5.94. The van der Waals surface area contributed by atoms with Gasteiger partial charge in [-0.15, -0.1) is 0 Å². The van der Waals surface area contributed by atoms with E-state index in [1.165, 1.54) is 0 Å². The minimum Gasteiger partial charge on any atom is -0.458 e. The summed E-state index contributed by atoms with van der Waals surface area (Å²) in [5.74, 6) is -1.45. The zero-order chi connectivity index (χ0) is 36.4. The van der Waals surface area contributed by atoms with Crippen LogP contribution in [-0.2, 0) is 30.3 Å². The van der Waals surface area contributed by atoms with Gasteiger partial charge in [-0.1, -0.05) is 82.3 Å². The Bertz CT molecular complexity index is 1360. The number of nitrogens with zero attached hydrogens (tertiary/aromatic N) is 1. The van der Waals surface area contributed by atoms with Crippen LogP contribution in [-0.4, -0.2) is 58.1 Å². The Morgan fingerprint density at radius 1 is 0.750 bits per heavy atom. The average molecular weight is 666 g/mol. The fourth-order valence-corrected chi connectivity index (χ4v) is 5.40. The molecule has 0 aliphatic heterocycles. The number of aryl methyl sites for hydroxylation is 1. The van der Waals surface area contributed by atoms with Crippen LogP contribution in [0.4, 0.5) is 4.79 Å². The van der Waals surface area contributed by atoms with Crippen LogP contribution in [0.3, 0.4) is 0 Å². The van der Waals surface area contributed by atoms with Crippen molar-refractivity contribution in [2.24, 2.45) is 11.8 Å². The third kappa shape index (κ3) is 13.0. The fraction of sp³-hybridized carbons (Fsp3) is 0.590. The van der Waals surface area contributed by atoms with Crippen LogP contribution in [0.15, 0.2) is 54.6 Å². The average Bonchev–Trinajstić information content (AvgIpc) is 2.95. The van der Waals surface area contributed by atoms with Gasteiger partial charge in [0.1, 0.15) is 29.3 Å². The molecule has 9 heteroatoms. The van der Waals surface area contributed by atoms with Gasteiger partial charge in [0.05, 0.1) is 0 Å². The summed E-state index contributed by atoms with van der Waals surface area (Å²) in [4.78, 5) is 57.7. The second kappa shape index (κ2) is 17.5. The molecule has 4 unspecified atom stereocenters. The molecule has 2 N–H and O–H groups in total. The lowest BCUT2D eigenvalue weighted by atomic mass is 9.93. The maximum atomic E-state index is 14.8. The topological polar surface area (TPSA) is 114 Å². The first-order chi connectivity index (χ1) is 22.2. The lowest BCUT2D eigenvalue weighted by molar-refractivity contribution is -0.159. The Labute approximate surface area is 288 Å². The van der Waals surface area contributed by atoms with Crippen LogP contribution in [0.1, 0.15) is 112 Å². The van der Waals surface area contributed by atoms with E-state index in [2.05, 4.69) is 24.5 Å². The van der Waals surface area contributed by atoms with Crippen molar-refractivity contribution in [1.82, 2.24) is 15.5 Å². The second-order valence-corrected chi connectivity index (χ2v) is 15.5. The van der Waals surface area contributed by atoms with Crippen molar-refractivity contribution >= 4 is 23.9 Å². The van der Waals surface area contributed by atoms with E-state index >= 15 is 0 Å². The van der Waals surface area contributed by atoms with Gasteiger partial charge in [-0.3, -0.25) is 9.59 Å². The number of amides is 3. The maximum absolute atomic E-state index is 14.8. The van der Waals surface area contributed by atoms with E-state index in [1.807, 2.05) is 82.3 Å². The Morgan fingerprint density at radius 3 is 1.83 bits per heavy atom. The van der Waals surface area contributed by atoms with Crippen LogP contribution in [0.2, 0.25) is 0 Å². The van der Waals surface area contributed by atoms with Gasteiger partial charge in [0, 0.05) is 12.5 Å². The molecule has 0 aliphatic carbocycles. The first-order valence-electron chi connectivity index (χ1n) is 17.1. The quantitative estimate of drug-likeness (QED) is 0.205. The van der Waals surface area contributed by atoms with Gasteiger partial charge in [0.25, 0.3) is 0 Å². The molecule has 2 aromatic rings. The smallest absolute Gasteiger partial charge is 0.408 e. The van der Waals surface area contributed by atoms with E-state index in [0.29, 0.717) is 17.9 Å². The number of esters is 1. The number of rotatable bonds is 14. The van der Waals surface area contributed by atoms with Gasteiger partial charge >= 0.3 is 12.1 Å². The van der Waals surface area contributed by atoms with Gasteiger partial charge in [-0.2, -0.15) is 0 Å². The highest BCUT2D eigenvalue weighted by Gasteiger charge is 2.41. The molecule has 0 saturated heterocycles. The Morgan fingerprint density at radius 2 is 1.31 bits per heavy atom. The first-order valence-corrected chi connectivity index (χ1v) is 17.1. The largest absolute Gasteiger partial charge is 0.458 e. The SMILES string of the molecule is Cc1ccccc1C(C(=O)NC(Cc1ccccc1)C(=O)OC(C)(C)C)N(C(=O)C(NC(=O)OC(C)(C)C)C(C)C)C(C)CCC(C)C. The molecule has 0 fully saturated rings. The first kappa shape index (κ1) is 40.3. The predicted molar refractivity (Wildman–Crippen MR) is 190 cm³/mol. The van der Waals surface area contributed by atoms with Crippen LogP contribution < -0.4 is 10.6 Å². The van der Waals surface area contributed by atoms with Crippen molar-refractivity contribution in [3.8, 4) is 0 Å².